The first-order valence-corrected chi connectivity index (χ1v) is 8.64. The van der Waals surface area contributed by atoms with E-state index >= 15 is 0 Å². The van der Waals surface area contributed by atoms with E-state index in [1.54, 1.807) is 7.05 Å². The van der Waals surface area contributed by atoms with Crippen LogP contribution in [-0.4, -0.2) is 53.1 Å². The average Bonchev–Trinajstić information content (AvgIpc) is 3.07. The summed E-state index contributed by atoms with van der Waals surface area (Å²) >= 11 is 0. The number of imidazole rings is 1. The lowest BCUT2D eigenvalue weighted by atomic mass is 10.0. The predicted molar refractivity (Wildman–Crippen MR) is 107 cm³/mol. The van der Waals surface area contributed by atoms with Crippen LogP contribution >= 0.6 is 24.0 Å². The van der Waals surface area contributed by atoms with Crippen molar-refractivity contribution in [3.8, 4) is 0 Å². The molecule has 2 heterocycles. The van der Waals surface area contributed by atoms with Crippen LogP contribution in [0.1, 0.15) is 45.0 Å². The van der Waals surface area contributed by atoms with Crippen LogP contribution in [0.15, 0.2) is 17.4 Å². The monoisotopic (exact) mass is 470 g/mol. The molecule has 6 nitrogen and oxygen atoms in total. The van der Waals surface area contributed by atoms with Gasteiger partial charge in [-0.15, -0.1) is 24.0 Å². The number of halogens is 3. The molecule has 0 radical (unpaired) electrons. The molecule has 0 bridgehead atoms. The van der Waals surface area contributed by atoms with E-state index in [0.29, 0.717) is 12.0 Å². The number of rotatable bonds is 7. The van der Waals surface area contributed by atoms with E-state index in [2.05, 4.69) is 32.4 Å². The van der Waals surface area contributed by atoms with Crippen molar-refractivity contribution in [2.24, 2.45) is 4.99 Å². The lowest BCUT2D eigenvalue weighted by molar-refractivity contribution is 0.0668. The fourth-order valence-corrected chi connectivity index (χ4v) is 3.18. The van der Waals surface area contributed by atoms with E-state index in [0.717, 1.165) is 24.2 Å². The molecule has 1 fully saturated rings. The van der Waals surface area contributed by atoms with Crippen molar-refractivity contribution < 1.29 is 8.78 Å². The summed E-state index contributed by atoms with van der Waals surface area (Å²) in [5, 5.41) is 6.28. The van der Waals surface area contributed by atoms with Crippen molar-refractivity contribution in [3.63, 3.8) is 0 Å². The molecule has 1 atom stereocenters. The van der Waals surface area contributed by atoms with Crippen molar-refractivity contribution in [1.29, 1.82) is 0 Å². The zero-order chi connectivity index (χ0) is 17.4. The summed E-state index contributed by atoms with van der Waals surface area (Å²) in [6, 6.07) is 0.675. The van der Waals surface area contributed by atoms with Gasteiger partial charge in [0.25, 0.3) is 0 Å². The van der Waals surface area contributed by atoms with Crippen LogP contribution in [0.25, 0.3) is 0 Å². The van der Waals surface area contributed by atoms with E-state index in [4.69, 9.17) is 0 Å². The minimum Gasteiger partial charge on any atom is -0.355 e. The Hall–Kier alpha value is -0.970. The highest BCUT2D eigenvalue weighted by atomic mass is 127. The fourth-order valence-electron chi connectivity index (χ4n) is 3.18. The summed E-state index contributed by atoms with van der Waals surface area (Å²) in [7, 11) is 1.67. The number of hydrogen-bond donors (Lipinski definition) is 2. The minimum atomic E-state index is -2.58. The molecular formula is C16H29F2IN6. The van der Waals surface area contributed by atoms with E-state index < -0.39 is 6.55 Å². The molecule has 1 saturated heterocycles. The van der Waals surface area contributed by atoms with Gasteiger partial charge in [-0.25, -0.2) is 4.98 Å². The molecule has 0 spiro atoms. The molecule has 2 N–H and O–H groups in total. The Labute approximate surface area is 165 Å². The van der Waals surface area contributed by atoms with Gasteiger partial charge in [0.2, 0.25) is 0 Å². The Morgan fingerprint density at radius 1 is 1.40 bits per heavy atom. The summed E-state index contributed by atoms with van der Waals surface area (Å²) in [6.45, 7) is 2.76. The van der Waals surface area contributed by atoms with Gasteiger partial charge < -0.3 is 10.6 Å². The molecule has 25 heavy (non-hydrogen) atoms. The van der Waals surface area contributed by atoms with Crippen LogP contribution in [0, 0.1) is 0 Å². The van der Waals surface area contributed by atoms with Crippen LogP contribution in [0.3, 0.4) is 0 Å². The maximum atomic E-state index is 12.8. The van der Waals surface area contributed by atoms with Gasteiger partial charge in [0.15, 0.2) is 5.96 Å². The van der Waals surface area contributed by atoms with Gasteiger partial charge >= 0.3 is 6.55 Å². The second-order valence-corrected chi connectivity index (χ2v) is 5.97. The van der Waals surface area contributed by atoms with Crippen LogP contribution in [0.2, 0.25) is 0 Å². The van der Waals surface area contributed by atoms with Gasteiger partial charge in [-0.2, -0.15) is 8.78 Å². The van der Waals surface area contributed by atoms with Crippen LogP contribution in [0.5, 0.6) is 0 Å². The normalized spacial score (nSPS) is 18.9. The van der Waals surface area contributed by atoms with Crippen LogP contribution in [-0.2, 0) is 6.54 Å². The molecule has 1 aliphatic rings. The van der Waals surface area contributed by atoms with Crippen LogP contribution in [0.4, 0.5) is 8.78 Å². The third-order valence-electron chi connectivity index (χ3n) is 4.51. The van der Waals surface area contributed by atoms with Gasteiger partial charge in [0, 0.05) is 38.6 Å². The molecular weight excluding hydrogens is 441 g/mol. The van der Waals surface area contributed by atoms with Crippen molar-refractivity contribution in [2.75, 3.05) is 26.7 Å². The number of aromatic nitrogens is 2. The van der Waals surface area contributed by atoms with Gasteiger partial charge in [0.1, 0.15) is 5.82 Å². The first kappa shape index (κ1) is 22.1. The third-order valence-corrected chi connectivity index (χ3v) is 4.51. The molecule has 2 rings (SSSR count). The summed E-state index contributed by atoms with van der Waals surface area (Å²) in [5.74, 6) is 0.888. The minimum absolute atomic E-state index is 0. The Morgan fingerprint density at radius 3 is 2.88 bits per heavy atom. The summed E-state index contributed by atoms with van der Waals surface area (Å²) in [4.78, 5) is 10.6. The van der Waals surface area contributed by atoms with Gasteiger partial charge in [-0.3, -0.25) is 14.5 Å². The number of alkyl halides is 2. The summed E-state index contributed by atoms with van der Waals surface area (Å²) < 4.78 is 26.4. The summed E-state index contributed by atoms with van der Waals surface area (Å²) in [6.07, 6.45) is 7.70. The molecule has 9 heteroatoms. The predicted octanol–water partition coefficient (Wildman–Crippen LogP) is 2.83. The number of guanidine groups is 1. The maximum absolute atomic E-state index is 12.8. The molecule has 1 unspecified atom stereocenters. The third kappa shape index (κ3) is 6.69. The zero-order valence-corrected chi connectivity index (χ0v) is 17.2. The molecule has 1 aromatic rings. The first-order chi connectivity index (χ1) is 11.7. The van der Waals surface area contributed by atoms with E-state index in [1.165, 1.54) is 38.1 Å². The number of aliphatic imine (C=N–C) groups is 1. The lowest BCUT2D eigenvalue weighted by Gasteiger charge is -2.35. The largest absolute Gasteiger partial charge is 0.355 e. The number of nitrogens with one attached hydrogen (secondary N) is 2. The molecule has 144 valence electrons. The number of nitrogens with zero attached hydrogens (tertiary/aromatic N) is 4. The van der Waals surface area contributed by atoms with Gasteiger partial charge in [0.05, 0.1) is 6.54 Å². The van der Waals surface area contributed by atoms with Crippen molar-refractivity contribution >= 4 is 29.9 Å². The Morgan fingerprint density at radius 2 is 2.20 bits per heavy atom. The quantitative estimate of drug-likeness (QED) is 0.366. The zero-order valence-electron chi connectivity index (χ0n) is 14.9. The van der Waals surface area contributed by atoms with Crippen LogP contribution < -0.4 is 10.6 Å². The standard InChI is InChI=1S/C16H28F2N6.HI/c1-3-13-6-4-5-9-23(13)10-7-21-16(19-2)22-12-14-20-8-11-24(14)15(17)18;/h8,11,13,15H,3-7,9-10,12H2,1-2H3,(H2,19,21,22);1H. The Balaban J connectivity index is 0.00000312. The molecule has 1 aromatic heterocycles. The molecule has 0 amide bonds. The maximum Gasteiger partial charge on any atom is 0.319 e. The molecule has 0 aliphatic carbocycles. The topological polar surface area (TPSA) is 57.5 Å². The first-order valence-electron chi connectivity index (χ1n) is 8.64. The second kappa shape index (κ2) is 11.6. The highest BCUT2D eigenvalue weighted by molar-refractivity contribution is 14.0. The Bertz CT molecular complexity index is 522. The Kier molecular flexibility index (Phi) is 10.2. The van der Waals surface area contributed by atoms with Crippen molar-refractivity contribution in [2.45, 2.75) is 51.7 Å². The SMILES string of the molecule is CCC1CCCCN1CCNC(=NC)NCc1nccn1C(F)F.I. The highest BCUT2D eigenvalue weighted by Gasteiger charge is 2.20. The van der Waals surface area contributed by atoms with Crippen molar-refractivity contribution in [3.05, 3.63) is 18.2 Å². The average molecular weight is 470 g/mol. The van der Waals surface area contributed by atoms with Gasteiger partial charge in [-0.1, -0.05) is 13.3 Å². The lowest BCUT2D eigenvalue weighted by Crippen LogP contribution is -2.45. The summed E-state index contributed by atoms with van der Waals surface area (Å²) in [5.41, 5.74) is 0. The van der Waals surface area contributed by atoms with E-state index in [9.17, 15) is 8.78 Å². The fraction of sp³-hybridized carbons (Fsp3) is 0.750. The molecule has 1 aliphatic heterocycles. The number of hydrogen-bond acceptors (Lipinski definition) is 3. The molecule has 0 aromatic carbocycles. The second-order valence-electron chi connectivity index (χ2n) is 5.97. The molecule has 0 saturated carbocycles. The number of likely N-dealkylation sites (tertiary alicyclic amines) is 1. The van der Waals surface area contributed by atoms with E-state index in [-0.39, 0.29) is 36.3 Å². The van der Waals surface area contributed by atoms with Crippen molar-refractivity contribution in [1.82, 2.24) is 25.1 Å². The van der Waals surface area contributed by atoms with Gasteiger partial charge in [-0.05, 0) is 25.8 Å². The highest BCUT2D eigenvalue weighted by Crippen LogP contribution is 2.18. The smallest absolute Gasteiger partial charge is 0.319 e. The number of piperidine rings is 1. The van der Waals surface area contributed by atoms with E-state index in [1.807, 2.05) is 0 Å².